The lowest BCUT2D eigenvalue weighted by atomic mass is 9.93. The second kappa shape index (κ2) is 7.46. The van der Waals surface area contributed by atoms with Crippen LogP contribution in [0.4, 0.5) is 4.39 Å². The maximum absolute atomic E-state index is 14.5. The number of thioether (sulfide) groups is 1. The van der Waals surface area contributed by atoms with Gasteiger partial charge in [-0.25, -0.2) is 4.39 Å². The van der Waals surface area contributed by atoms with E-state index in [2.05, 4.69) is 18.3 Å². The van der Waals surface area contributed by atoms with E-state index in [4.69, 9.17) is 0 Å². The number of halogens is 1. The van der Waals surface area contributed by atoms with Crippen molar-refractivity contribution in [1.29, 1.82) is 0 Å². The fourth-order valence-electron chi connectivity index (χ4n) is 3.07. The van der Waals surface area contributed by atoms with E-state index in [0.717, 1.165) is 29.7 Å². The molecule has 0 radical (unpaired) electrons. The third-order valence-electron chi connectivity index (χ3n) is 3.99. The summed E-state index contributed by atoms with van der Waals surface area (Å²) in [5.41, 5.74) is 2.99. The molecule has 1 aliphatic rings. The molecule has 0 bridgehead atoms. The highest BCUT2D eigenvalue weighted by molar-refractivity contribution is 8.00. The standard InChI is InChI=1S/C17H26FNS/c1-4-8-19-17(15-7-5-6-9-20-15)16-13(3)10-12(2)11-14(16)18/h10-11,15,17,19H,4-9H2,1-3H3. The van der Waals surface area contributed by atoms with Gasteiger partial charge in [-0.2, -0.15) is 11.8 Å². The van der Waals surface area contributed by atoms with Gasteiger partial charge in [-0.3, -0.25) is 0 Å². The normalized spacial score (nSPS) is 20.9. The van der Waals surface area contributed by atoms with E-state index in [1.807, 2.05) is 25.6 Å². The summed E-state index contributed by atoms with van der Waals surface area (Å²) < 4.78 is 14.5. The Morgan fingerprint density at radius 2 is 2.15 bits per heavy atom. The summed E-state index contributed by atoms with van der Waals surface area (Å²) in [5.74, 6) is 1.17. The van der Waals surface area contributed by atoms with Crippen LogP contribution in [0.1, 0.15) is 55.3 Å². The van der Waals surface area contributed by atoms with E-state index < -0.39 is 0 Å². The molecule has 3 heteroatoms. The summed E-state index contributed by atoms with van der Waals surface area (Å²) in [5, 5.41) is 4.10. The molecule has 1 aromatic rings. The molecule has 2 atom stereocenters. The molecule has 1 saturated heterocycles. The van der Waals surface area contributed by atoms with Crippen molar-refractivity contribution in [1.82, 2.24) is 5.32 Å². The van der Waals surface area contributed by atoms with Gasteiger partial charge in [-0.15, -0.1) is 0 Å². The van der Waals surface area contributed by atoms with Crippen LogP contribution in [0, 0.1) is 19.7 Å². The summed E-state index contributed by atoms with van der Waals surface area (Å²) in [6.07, 6.45) is 4.85. The molecule has 0 spiro atoms. The van der Waals surface area contributed by atoms with Crippen LogP contribution in [-0.4, -0.2) is 17.5 Å². The van der Waals surface area contributed by atoms with Gasteiger partial charge in [0.15, 0.2) is 0 Å². The summed E-state index contributed by atoms with van der Waals surface area (Å²) in [6.45, 7) is 7.12. The summed E-state index contributed by atoms with van der Waals surface area (Å²) >= 11 is 2.01. The molecule has 0 aromatic heterocycles. The second-order valence-electron chi connectivity index (χ2n) is 5.81. The lowest BCUT2D eigenvalue weighted by molar-refractivity contribution is 0.457. The van der Waals surface area contributed by atoms with E-state index in [-0.39, 0.29) is 11.9 Å². The Kier molecular flexibility index (Phi) is 5.91. The van der Waals surface area contributed by atoms with Crippen molar-refractivity contribution < 1.29 is 4.39 Å². The number of rotatable bonds is 5. The van der Waals surface area contributed by atoms with Crippen LogP contribution >= 0.6 is 11.8 Å². The Morgan fingerprint density at radius 3 is 2.75 bits per heavy atom. The van der Waals surface area contributed by atoms with E-state index in [1.54, 1.807) is 6.07 Å². The topological polar surface area (TPSA) is 12.0 Å². The third kappa shape index (κ3) is 3.76. The first-order chi connectivity index (χ1) is 9.63. The highest BCUT2D eigenvalue weighted by atomic mass is 32.2. The molecule has 0 amide bonds. The third-order valence-corrected chi connectivity index (χ3v) is 5.45. The van der Waals surface area contributed by atoms with E-state index in [0.29, 0.717) is 5.25 Å². The predicted molar refractivity (Wildman–Crippen MR) is 87.0 cm³/mol. The SMILES string of the molecule is CCCNC(c1c(C)cc(C)cc1F)C1CCCCS1. The number of aryl methyl sites for hydroxylation is 2. The van der Waals surface area contributed by atoms with E-state index in [1.165, 1.54) is 25.0 Å². The van der Waals surface area contributed by atoms with Crippen molar-refractivity contribution in [2.45, 2.75) is 57.7 Å². The molecular weight excluding hydrogens is 269 g/mol. The molecule has 112 valence electrons. The van der Waals surface area contributed by atoms with Gasteiger partial charge in [-0.05, 0) is 62.6 Å². The van der Waals surface area contributed by atoms with Crippen LogP contribution in [0.5, 0.6) is 0 Å². The molecule has 1 fully saturated rings. The molecule has 0 saturated carbocycles. The minimum atomic E-state index is -0.0396. The van der Waals surface area contributed by atoms with Gasteiger partial charge in [0.1, 0.15) is 5.82 Å². The van der Waals surface area contributed by atoms with E-state index in [9.17, 15) is 4.39 Å². The first-order valence-electron chi connectivity index (χ1n) is 7.75. The molecule has 1 nitrogen and oxygen atoms in total. The van der Waals surface area contributed by atoms with Crippen molar-refractivity contribution in [3.8, 4) is 0 Å². The van der Waals surface area contributed by atoms with Gasteiger partial charge in [0.05, 0.1) is 0 Å². The molecule has 2 rings (SSSR count). The molecule has 1 aromatic carbocycles. The highest BCUT2D eigenvalue weighted by Crippen LogP contribution is 2.37. The molecular formula is C17H26FNS. The van der Waals surface area contributed by atoms with Crippen molar-refractivity contribution in [3.63, 3.8) is 0 Å². The first-order valence-corrected chi connectivity index (χ1v) is 8.80. The average Bonchev–Trinajstić information content (AvgIpc) is 2.42. The highest BCUT2D eigenvalue weighted by Gasteiger charge is 2.28. The molecule has 2 unspecified atom stereocenters. The Hall–Kier alpha value is -0.540. The van der Waals surface area contributed by atoms with Crippen molar-refractivity contribution in [3.05, 3.63) is 34.6 Å². The van der Waals surface area contributed by atoms with Gasteiger partial charge in [0.25, 0.3) is 0 Å². The number of hydrogen-bond acceptors (Lipinski definition) is 2. The number of nitrogens with one attached hydrogen (secondary N) is 1. The van der Waals surface area contributed by atoms with Crippen LogP contribution in [-0.2, 0) is 0 Å². The molecule has 1 N–H and O–H groups in total. The number of hydrogen-bond donors (Lipinski definition) is 1. The predicted octanol–water partition coefficient (Wildman–Crippen LogP) is 4.77. The Labute approximate surface area is 126 Å². The van der Waals surface area contributed by atoms with Crippen LogP contribution < -0.4 is 5.32 Å². The summed E-state index contributed by atoms with van der Waals surface area (Å²) in [4.78, 5) is 0. The van der Waals surface area contributed by atoms with Gasteiger partial charge < -0.3 is 5.32 Å². The smallest absolute Gasteiger partial charge is 0.128 e. The quantitative estimate of drug-likeness (QED) is 0.840. The zero-order valence-corrected chi connectivity index (χ0v) is 13.7. The van der Waals surface area contributed by atoms with Crippen molar-refractivity contribution in [2.75, 3.05) is 12.3 Å². The molecule has 20 heavy (non-hydrogen) atoms. The monoisotopic (exact) mass is 295 g/mol. The first kappa shape index (κ1) is 15.8. The average molecular weight is 295 g/mol. The second-order valence-corrected chi connectivity index (χ2v) is 7.16. The molecule has 0 aliphatic carbocycles. The minimum Gasteiger partial charge on any atom is -0.309 e. The van der Waals surface area contributed by atoms with Crippen LogP contribution in [0.3, 0.4) is 0 Å². The number of benzene rings is 1. The van der Waals surface area contributed by atoms with Crippen molar-refractivity contribution in [2.24, 2.45) is 0 Å². The van der Waals surface area contributed by atoms with Gasteiger partial charge in [0, 0.05) is 16.9 Å². The van der Waals surface area contributed by atoms with Gasteiger partial charge in [-0.1, -0.05) is 19.4 Å². The van der Waals surface area contributed by atoms with Gasteiger partial charge in [0.2, 0.25) is 0 Å². The van der Waals surface area contributed by atoms with E-state index >= 15 is 0 Å². The van der Waals surface area contributed by atoms with Crippen LogP contribution in [0.25, 0.3) is 0 Å². The van der Waals surface area contributed by atoms with Gasteiger partial charge >= 0.3 is 0 Å². The molecule has 1 heterocycles. The fourth-order valence-corrected chi connectivity index (χ4v) is 4.50. The zero-order valence-electron chi connectivity index (χ0n) is 12.8. The zero-order chi connectivity index (χ0) is 14.5. The Bertz CT molecular complexity index is 418. The lowest BCUT2D eigenvalue weighted by Crippen LogP contribution is -2.33. The molecule has 1 aliphatic heterocycles. The van der Waals surface area contributed by atoms with Crippen molar-refractivity contribution >= 4 is 11.8 Å². The Balaban J connectivity index is 2.29. The maximum Gasteiger partial charge on any atom is 0.128 e. The lowest BCUT2D eigenvalue weighted by Gasteiger charge is -2.32. The maximum atomic E-state index is 14.5. The van der Waals surface area contributed by atoms with Crippen LogP contribution in [0.15, 0.2) is 12.1 Å². The summed E-state index contributed by atoms with van der Waals surface area (Å²) in [7, 11) is 0. The Morgan fingerprint density at radius 1 is 1.35 bits per heavy atom. The fraction of sp³-hybridized carbons (Fsp3) is 0.647. The van der Waals surface area contributed by atoms with Crippen LogP contribution in [0.2, 0.25) is 0 Å². The minimum absolute atomic E-state index is 0.0396. The summed E-state index contributed by atoms with van der Waals surface area (Å²) in [6, 6.07) is 3.93. The largest absolute Gasteiger partial charge is 0.309 e.